The van der Waals surface area contributed by atoms with E-state index in [0.717, 1.165) is 17.0 Å². The molecule has 0 aliphatic carbocycles. The Kier molecular flexibility index (Phi) is 4.92. The molecule has 0 aliphatic rings. The summed E-state index contributed by atoms with van der Waals surface area (Å²) in [5.74, 6) is 0.702. The van der Waals surface area contributed by atoms with E-state index < -0.39 is 0 Å². The summed E-state index contributed by atoms with van der Waals surface area (Å²) in [6.45, 7) is 0.512. The van der Waals surface area contributed by atoms with Crippen LogP contribution in [-0.4, -0.2) is 13.0 Å². The van der Waals surface area contributed by atoms with Crippen molar-refractivity contribution < 1.29 is 9.53 Å². The van der Waals surface area contributed by atoms with Crippen LogP contribution in [0.25, 0.3) is 0 Å². The lowest BCUT2D eigenvalue weighted by atomic mass is 10.2. The minimum Gasteiger partial charge on any atom is -0.489 e. The summed E-state index contributed by atoms with van der Waals surface area (Å²) in [6, 6.07) is 26.8. The summed E-state index contributed by atoms with van der Waals surface area (Å²) >= 11 is 0. The molecule has 3 aromatic carbocycles. The van der Waals surface area contributed by atoms with Crippen molar-refractivity contribution in [3.8, 4) is 5.75 Å². The SMILES string of the molecule is CN(C(=O)c1ccc(OCc2ccccc2)cc1)c1ccccc1. The maximum atomic E-state index is 12.5. The fraction of sp³-hybridized carbons (Fsp3) is 0.0952. The van der Waals surface area contributed by atoms with Crippen LogP contribution < -0.4 is 9.64 Å². The van der Waals surface area contributed by atoms with E-state index in [4.69, 9.17) is 4.74 Å². The minimum atomic E-state index is -0.0455. The average Bonchev–Trinajstić information content (AvgIpc) is 2.67. The molecule has 0 saturated heterocycles. The zero-order valence-electron chi connectivity index (χ0n) is 13.6. The van der Waals surface area contributed by atoms with Crippen LogP contribution in [0.1, 0.15) is 15.9 Å². The van der Waals surface area contributed by atoms with Crippen molar-refractivity contribution in [2.24, 2.45) is 0 Å². The van der Waals surface area contributed by atoms with Crippen molar-refractivity contribution in [3.63, 3.8) is 0 Å². The second-order valence-corrected chi connectivity index (χ2v) is 5.50. The van der Waals surface area contributed by atoms with Crippen molar-refractivity contribution in [2.75, 3.05) is 11.9 Å². The Balaban J connectivity index is 1.64. The van der Waals surface area contributed by atoms with Crippen molar-refractivity contribution in [3.05, 3.63) is 96.1 Å². The van der Waals surface area contributed by atoms with E-state index in [1.165, 1.54) is 0 Å². The highest BCUT2D eigenvalue weighted by Gasteiger charge is 2.13. The second kappa shape index (κ2) is 7.47. The van der Waals surface area contributed by atoms with E-state index in [2.05, 4.69) is 0 Å². The third-order valence-electron chi connectivity index (χ3n) is 3.80. The third-order valence-corrected chi connectivity index (χ3v) is 3.80. The topological polar surface area (TPSA) is 29.5 Å². The Morgan fingerprint density at radius 1 is 0.833 bits per heavy atom. The number of rotatable bonds is 5. The second-order valence-electron chi connectivity index (χ2n) is 5.50. The molecule has 3 aromatic rings. The summed E-state index contributed by atoms with van der Waals surface area (Å²) in [6.07, 6.45) is 0. The Morgan fingerprint density at radius 2 is 1.42 bits per heavy atom. The molecule has 0 N–H and O–H groups in total. The van der Waals surface area contributed by atoms with E-state index in [1.54, 1.807) is 24.1 Å². The molecule has 0 spiro atoms. The monoisotopic (exact) mass is 317 g/mol. The Morgan fingerprint density at radius 3 is 2.04 bits per heavy atom. The first-order valence-electron chi connectivity index (χ1n) is 7.84. The average molecular weight is 317 g/mol. The van der Waals surface area contributed by atoms with Crippen molar-refractivity contribution in [1.29, 1.82) is 0 Å². The highest BCUT2D eigenvalue weighted by molar-refractivity contribution is 6.05. The summed E-state index contributed by atoms with van der Waals surface area (Å²) < 4.78 is 5.75. The third kappa shape index (κ3) is 3.82. The van der Waals surface area contributed by atoms with Crippen LogP contribution in [0.4, 0.5) is 5.69 Å². The van der Waals surface area contributed by atoms with Crippen LogP contribution in [-0.2, 0) is 6.61 Å². The van der Waals surface area contributed by atoms with Gasteiger partial charge in [0.25, 0.3) is 5.91 Å². The molecule has 0 bridgehead atoms. The number of para-hydroxylation sites is 1. The molecular formula is C21H19NO2. The molecule has 3 nitrogen and oxygen atoms in total. The van der Waals surface area contributed by atoms with E-state index in [-0.39, 0.29) is 5.91 Å². The van der Waals surface area contributed by atoms with Crippen molar-refractivity contribution in [1.82, 2.24) is 0 Å². The van der Waals surface area contributed by atoms with Crippen LogP contribution >= 0.6 is 0 Å². The first-order valence-corrected chi connectivity index (χ1v) is 7.84. The van der Waals surface area contributed by atoms with Crippen LogP contribution in [0.5, 0.6) is 5.75 Å². The molecule has 0 aromatic heterocycles. The fourth-order valence-electron chi connectivity index (χ4n) is 2.40. The molecular weight excluding hydrogens is 298 g/mol. The van der Waals surface area contributed by atoms with Gasteiger partial charge in [0, 0.05) is 18.3 Å². The van der Waals surface area contributed by atoms with Crippen molar-refractivity contribution in [2.45, 2.75) is 6.61 Å². The van der Waals surface area contributed by atoms with Crippen LogP contribution in [0.3, 0.4) is 0 Å². The largest absolute Gasteiger partial charge is 0.489 e. The number of benzene rings is 3. The fourth-order valence-corrected chi connectivity index (χ4v) is 2.40. The first-order chi connectivity index (χ1) is 11.7. The standard InChI is InChI=1S/C21H19NO2/c1-22(19-10-6-3-7-11-19)21(23)18-12-14-20(15-13-18)24-16-17-8-4-2-5-9-17/h2-15H,16H2,1H3. The highest BCUT2D eigenvalue weighted by atomic mass is 16.5. The van der Waals surface area contributed by atoms with Gasteiger partial charge in [-0.3, -0.25) is 4.79 Å². The number of carbonyl (C=O) groups is 1. The van der Waals surface area contributed by atoms with Crippen LogP contribution in [0.15, 0.2) is 84.9 Å². The van der Waals surface area contributed by atoms with Gasteiger partial charge in [0.15, 0.2) is 0 Å². The summed E-state index contributed by atoms with van der Waals surface area (Å²) in [5.41, 5.74) is 2.61. The number of ether oxygens (including phenoxy) is 1. The molecule has 0 radical (unpaired) electrons. The molecule has 3 heteroatoms. The number of anilines is 1. The summed E-state index contributed by atoms with van der Waals surface area (Å²) in [7, 11) is 1.78. The van der Waals surface area contributed by atoms with Gasteiger partial charge in [0.2, 0.25) is 0 Å². The molecule has 0 unspecified atom stereocenters. The quantitative estimate of drug-likeness (QED) is 0.691. The van der Waals surface area contributed by atoms with Gasteiger partial charge in [-0.25, -0.2) is 0 Å². The smallest absolute Gasteiger partial charge is 0.258 e. The molecule has 3 rings (SSSR count). The number of hydrogen-bond donors (Lipinski definition) is 0. The lowest BCUT2D eigenvalue weighted by Gasteiger charge is -2.17. The maximum Gasteiger partial charge on any atom is 0.258 e. The van der Waals surface area contributed by atoms with Gasteiger partial charge >= 0.3 is 0 Å². The van der Waals surface area contributed by atoms with Crippen LogP contribution in [0, 0.1) is 0 Å². The highest BCUT2D eigenvalue weighted by Crippen LogP contribution is 2.18. The molecule has 24 heavy (non-hydrogen) atoms. The Hall–Kier alpha value is -3.07. The minimum absolute atomic E-state index is 0.0455. The van der Waals surface area contributed by atoms with E-state index in [1.807, 2.05) is 72.8 Å². The lowest BCUT2D eigenvalue weighted by Crippen LogP contribution is -2.25. The molecule has 0 aliphatic heterocycles. The molecule has 0 atom stereocenters. The van der Waals surface area contributed by atoms with Gasteiger partial charge in [-0.05, 0) is 42.0 Å². The number of nitrogens with zero attached hydrogens (tertiary/aromatic N) is 1. The van der Waals surface area contributed by atoms with E-state index in [0.29, 0.717) is 12.2 Å². The van der Waals surface area contributed by atoms with Crippen molar-refractivity contribution >= 4 is 11.6 Å². The van der Waals surface area contributed by atoms with Gasteiger partial charge in [0.05, 0.1) is 0 Å². The Bertz CT molecular complexity index is 783. The van der Waals surface area contributed by atoms with Gasteiger partial charge in [0.1, 0.15) is 12.4 Å². The van der Waals surface area contributed by atoms with Gasteiger partial charge < -0.3 is 9.64 Å². The number of carbonyl (C=O) groups excluding carboxylic acids is 1. The molecule has 120 valence electrons. The zero-order chi connectivity index (χ0) is 16.8. The van der Waals surface area contributed by atoms with Gasteiger partial charge in [-0.15, -0.1) is 0 Å². The first kappa shape index (κ1) is 15.8. The lowest BCUT2D eigenvalue weighted by molar-refractivity contribution is 0.0993. The predicted molar refractivity (Wildman–Crippen MR) is 96.4 cm³/mol. The molecule has 1 amide bonds. The van der Waals surface area contributed by atoms with Gasteiger partial charge in [-0.1, -0.05) is 48.5 Å². The predicted octanol–water partition coefficient (Wildman–Crippen LogP) is 4.54. The van der Waals surface area contributed by atoms with E-state index in [9.17, 15) is 4.79 Å². The summed E-state index contributed by atoms with van der Waals surface area (Å²) in [4.78, 5) is 14.2. The number of hydrogen-bond acceptors (Lipinski definition) is 2. The number of amides is 1. The Labute approximate surface area is 142 Å². The van der Waals surface area contributed by atoms with E-state index >= 15 is 0 Å². The summed E-state index contributed by atoms with van der Waals surface area (Å²) in [5, 5.41) is 0. The molecule has 0 fully saturated rings. The maximum absolute atomic E-state index is 12.5. The van der Waals surface area contributed by atoms with Crippen LogP contribution in [0.2, 0.25) is 0 Å². The van der Waals surface area contributed by atoms with Gasteiger partial charge in [-0.2, -0.15) is 0 Å². The molecule has 0 saturated carbocycles. The normalized spacial score (nSPS) is 10.2. The zero-order valence-corrected chi connectivity index (χ0v) is 13.6. The molecule has 0 heterocycles.